The van der Waals surface area contributed by atoms with Crippen molar-refractivity contribution in [2.24, 2.45) is 5.73 Å². The van der Waals surface area contributed by atoms with E-state index in [9.17, 15) is 4.79 Å². The number of hydrogen-bond donors (Lipinski definition) is 2. The lowest BCUT2D eigenvalue weighted by atomic mass is 10.2. The zero-order valence-corrected chi connectivity index (χ0v) is 13.2. The number of halogens is 2. The molecule has 0 atom stereocenters. The Labute approximate surface area is 134 Å². The number of carbonyl (C=O) groups is 1. The number of anilines is 1. The van der Waals surface area contributed by atoms with Gasteiger partial charge in [0.25, 0.3) is 5.91 Å². The monoisotopic (exact) mass is 369 g/mol. The highest BCUT2D eigenvalue weighted by molar-refractivity contribution is 9.10. The van der Waals surface area contributed by atoms with Crippen molar-refractivity contribution in [2.75, 3.05) is 5.32 Å². The molecule has 0 aliphatic heterocycles. The second-order valence-corrected chi connectivity index (χ2v) is 5.64. The molecule has 0 fully saturated rings. The number of carbonyl (C=O) groups excluding carboxylic acids is 1. The third-order valence-electron chi connectivity index (χ3n) is 2.46. The fourth-order valence-corrected chi connectivity index (χ4v) is 2.29. The Kier molecular flexibility index (Phi) is 4.69. The van der Waals surface area contributed by atoms with Crippen LogP contribution in [-0.2, 0) is 0 Å². The summed E-state index contributed by atoms with van der Waals surface area (Å²) in [5.74, 6) is -0.358. The molecule has 0 aliphatic carbocycles. The first kappa shape index (κ1) is 14.9. The summed E-state index contributed by atoms with van der Waals surface area (Å²) in [5.41, 5.74) is 6.84. The maximum atomic E-state index is 12.0. The molecule has 1 amide bonds. The third-order valence-corrected chi connectivity index (χ3v) is 3.50. The van der Waals surface area contributed by atoms with Gasteiger partial charge in [-0.15, -0.1) is 0 Å². The Bertz CT molecular complexity index is 676. The molecule has 0 aliphatic rings. The molecule has 3 N–H and O–H groups in total. The van der Waals surface area contributed by atoms with Crippen LogP contribution in [0.3, 0.4) is 0 Å². The SMILES string of the molecule is NC(=S)c1ccc(C(=O)Nc2ccc(Br)cc2Cl)nc1. The minimum atomic E-state index is -0.358. The lowest BCUT2D eigenvalue weighted by Gasteiger charge is -2.07. The smallest absolute Gasteiger partial charge is 0.274 e. The molecular formula is C13H9BrClN3OS. The van der Waals surface area contributed by atoms with Gasteiger partial charge >= 0.3 is 0 Å². The van der Waals surface area contributed by atoms with Gasteiger partial charge in [-0.05, 0) is 30.3 Å². The Hall–Kier alpha value is -1.50. The summed E-state index contributed by atoms with van der Waals surface area (Å²) in [7, 11) is 0. The predicted molar refractivity (Wildman–Crippen MR) is 87.2 cm³/mol. The van der Waals surface area contributed by atoms with Crippen molar-refractivity contribution < 1.29 is 4.79 Å². The molecule has 1 heterocycles. The Balaban J connectivity index is 2.17. The summed E-state index contributed by atoms with van der Waals surface area (Å²) in [6.07, 6.45) is 1.46. The van der Waals surface area contributed by atoms with E-state index in [1.54, 1.807) is 30.3 Å². The lowest BCUT2D eigenvalue weighted by molar-refractivity contribution is 0.102. The van der Waals surface area contributed by atoms with Gasteiger partial charge in [0.1, 0.15) is 10.7 Å². The van der Waals surface area contributed by atoms with Crippen LogP contribution >= 0.6 is 39.7 Å². The van der Waals surface area contributed by atoms with Crippen LogP contribution in [0.5, 0.6) is 0 Å². The number of amides is 1. The number of hydrogen-bond acceptors (Lipinski definition) is 3. The van der Waals surface area contributed by atoms with E-state index in [1.807, 2.05) is 0 Å². The highest BCUT2D eigenvalue weighted by Gasteiger charge is 2.10. The largest absolute Gasteiger partial charge is 0.389 e. The molecule has 20 heavy (non-hydrogen) atoms. The van der Waals surface area contributed by atoms with Gasteiger partial charge in [-0.3, -0.25) is 9.78 Å². The Morgan fingerprint density at radius 1 is 1.35 bits per heavy atom. The summed E-state index contributed by atoms with van der Waals surface area (Å²) in [6.45, 7) is 0. The maximum absolute atomic E-state index is 12.0. The van der Waals surface area contributed by atoms with Crippen LogP contribution in [0.4, 0.5) is 5.69 Å². The number of benzene rings is 1. The topological polar surface area (TPSA) is 68.0 Å². The molecule has 7 heteroatoms. The molecule has 0 radical (unpaired) electrons. The molecule has 0 saturated heterocycles. The zero-order chi connectivity index (χ0) is 14.7. The molecule has 102 valence electrons. The van der Waals surface area contributed by atoms with Crippen LogP contribution in [0.2, 0.25) is 5.02 Å². The van der Waals surface area contributed by atoms with Crippen LogP contribution in [0.1, 0.15) is 16.1 Å². The fourth-order valence-electron chi connectivity index (χ4n) is 1.45. The number of pyridine rings is 1. The van der Waals surface area contributed by atoms with E-state index in [1.165, 1.54) is 6.20 Å². The lowest BCUT2D eigenvalue weighted by Crippen LogP contribution is -2.15. The summed E-state index contributed by atoms with van der Waals surface area (Å²) < 4.78 is 0.833. The minimum absolute atomic E-state index is 0.236. The molecular weight excluding hydrogens is 362 g/mol. The van der Waals surface area contributed by atoms with E-state index >= 15 is 0 Å². The number of rotatable bonds is 3. The normalized spacial score (nSPS) is 10.1. The zero-order valence-electron chi connectivity index (χ0n) is 10.1. The van der Waals surface area contributed by atoms with Gasteiger partial charge in [0.2, 0.25) is 0 Å². The summed E-state index contributed by atoms with van der Waals surface area (Å²) in [5, 5.41) is 3.12. The van der Waals surface area contributed by atoms with Crippen LogP contribution in [-0.4, -0.2) is 15.9 Å². The van der Waals surface area contributed by atoms with Crippen molar-refractivity contribution >= 4 is 56.3 Å². The van der Waals surface area contributed by atoms with E-state index < -0.39 is 0 Å². The van der Waals surface area contributed by atoms with Gasteiger partial charge < -0.3 is 11.1 Å². The van der Waals surface area contributed by atoms with E-state index in [4.69, 9.17) is 29.6 Å². The van der Waals surface area contributed by atoms with Crippen molar-refractivity contribution in [1.29, 1.82) is 0 Å². The first-order valence-corrected chi connectivity index (χ1v) is 7.07. The summed E-state index contributed by atoms with van der Waals surface area (Å²) >= 11 is 14.1. The van der Waals surface area contributed by atoms with Crippen molar-refractivity contribution in [2.45, 2.75) is 0 Å². The molecule has 2 rings (SSSR count). The first-order chi connectivity index (χ1) is 9.47. The molecule has 4 nitrogen and oxygen atoms in total. The van der Waals surface area contributed by atoms with Crippen LogP contribution in [0.15, 0.2) is 41.0 Å². The van der Waals surface area contributed by atoms with E-state index in [0.29, 0.717) is 16.3 Å². The van der Waals surface area contributed by atoms with Crippen LogP contribution < -0.4 is 11.1 Å². The Morgan fingerprint density at radius 3 is 2.65 bits per heavy atom. The molecule has 2 aromatic rings. The highest BCUT2D eigenvalue weighted by atomic mass is 79.9. The molecule has 0 spiro atoms. The molecule has 0 saturated carbocycles. The van der Waals surface area contributed by atoms with Gasteiger partial charge in [0.15, 0.2) is 0 Å². The van der Waals surface area contributed by atoms with E-state index in [2.05, 4.69) is 26.2 Å². The minimum Gasteiger partial charge on any atom is -0.389 e. The van der Waals surface area contributed by atoms with Crippen LogP contribution in [0.25, 0.3) is 0 Å². The number of nitrogens with two attached hydrogens (primary N) is 1. The quantitative estimate of drug-likeness (QED) is 0.813. The molecule has 0 unspecified atom stereocenters. The molecule has 1 aromatic heterocycles. The van der Waals surface area contributed by atoms with E-state index in [0.717, 1.165) is 4.47 Å². The van der Waals surface area contributed by atoms with Gasteiger partial charge in [-0.1, -0.05) is 39.7 Å². The Morgan fingerprint density at radius 2 is 2.10 bits per heavy atom. The predicted octanol–water partition coefficient (Wildman–Crippen LogP) is 3.38. The second kappa shape index (κ2) is 6.30. The van der Waals surface area contributed by atoms with Crippen molar-refractivity contribution in [1.82, 2.24) is 4.98 Å². The number of aromatic nitrogens is 1. The standard InChI is InChI=1S/C13H9BrClN3OS/c14-8-2-4-10(9(15)5-8)18-13(19)11-3-1-7(6-17-11)12(16)20/h1-6H,(H2,16,20)(H,18,19). The number of nitrogens with one attached hydrogen (secondary N) is 1. The van der Waals surface area contributed by atoms with Gasteiger partial charge in [-0.2, -0.15) is 0 Å². The van der Waals surface area contributed by atoms with Crippen molar-refractivity contribution in [3.05, 3.63) is 57.3 Å². The van der Waals surface area contributed by atoms with Gasteiger partial charge in [0.05, 0.1) is 10.7 Å². The summed E-state index contributed by atoms with van der Waals surface area (Å²) in [4.78, 5) is 16.3. The molecule has 1 aromatic carbocycles. The highest BCUT2D eigenvalue weighted by Crippen LogP contribution is 2.25. The summed E-state index contributed by atoms with van der Waals surface area (Å²) in [6, 6.07) is 8.38. The van der Waals surface area contributed by atoms with Gasteiger partial charge in [-0.25, -0.2) is 0 Å². The second-order valence-electron chi connectivity index (χ2n) is 3.87. The number of thiocarbonyl (C=S) groups is 1. The van der Waals surface area contributed by atoms with Crippen molar-refractivity contribution in [3.63, 3.8) is 0 Å². The average molecular weight is 371 g/mol. The van der Waals surface area contributed by atoms with Gasteiger partial charge in [0, 0.05) is 16.2 Å². The first-order valence-electron chi connectivity index (χ1n) is 5.49. The maximum Gasteiger partial charge on any atom is 0.274 e. The number of nitrogens with zero attached hydrogens (tertiary/aromatic N) is 1. The van der Waals surface area contributed by atoms with E-state index in [-0.39, 0.29) is 16.6 Å². The third kappa shape index (κ3) is 3.53. The fraction of sp³-hybridized carbons (Fsp3) is 0. The average Bonchev–Trinajstić information content (AvgIpc) is 2.42. The molecule has 0 bridgehead atoms. The van der Waals surface area contributed by atoms with Crippen LogP contribution in [0, 0.1) is 0 Å². The van der Waals surface area contributed by atoms with Crippen molar-refractivity contribution in [3.8, 4) is 0 Å².